The SMILES string of the molecule is CCCC/C=C/S(=O)(=O)C(C)(C)C. The summed E-state index contributed by atoms with van der Waals surface area (Å²) in [5.74, 6) is 0. The zero-order chi connectivity index (χ0) is 10.5. The second-order valence-electron chi connectivity index (χ2n) is 4.17. The summed E-state index contributed by atoms with van der Waals surface area (Å²) in [6.07, 6.45) is 4.76. The van der Waals surface area contributed by atoms with Crippen molar-refractivity contribution in [2.45, 2.75) is 51.7 Å². The molecule has 0 aromatic rings. The molecule has 13 heavy (non-hydrogen) atoms. The van der Waals surface area contributed by atoms with Gasteiger partial charge < -0.3 is 0 Å². The second kappa shape index (κ2) is 4.80. The molecule has 0 aromatic carbocycles. The van der Waals surface area contributed by atoms with Crippen LogP contribution in [0, 0.1) is 0 Å². The van der Waals surface area contributed by atoms with E-state index in [0.29, 0.717) is 0 Å². The van der Waals surface area contributed by atoms with Gasteiger partial charge in [-0.25, -0.2) is 8.42 Å². The summed E-state index contributed by atoms with van der Waals surface area (Å²) in [4.78, 5) is 0. The maximum Gasteiger partial charge on any atom is 0.176 e. The Hall–Kier alpha value is -0.310. The first kappa shape index (κ1) is 12.7. The quantitative estimate of drug-likeness (QED) is 0.660. The average molecular weight is 204 g/mol. The predicted molar refractivity (Wildman–Crippen MR) is 57.3 cm³/mol. The minimum Gasteiger partial charge on any atom is -0.224 e. The van der Waals surface area contributed by atoms with E-state index in [1.165, 1.54) is 5.41 Å². The third-order valence-electron chi connectivity index (χ3n) is 1.85. The van der Waals surface area contributed by atoms with Crippen molar-refractivity contribution in [2.75, 3.05) is 0 Å². The normalized spacial score (nSPS) is 13.8. The van der Waals surface area contributed by atoms with Gasteiger partial charge in [-0.2, -0.15) is 0 Å². The molecule has 0 saturated heterocycles. The molecule has 0 aliphatic carbocycles. The van der Waals surface area contributed by atoms with Crippen molar-refractivity contribution in [3.63, 3.8) is 0 Å². The highest BCUT2D eigenvalue weighted by Crippen LogP contribution is 2.17. The van der Waals surface area contributed by atoms with Crippen molar-refractivity contribution >= 4 is 9.84 Å². The lowest BCUT2D eigenvalue weighted by Crippen LogP contribution is -2.25. The van der Waals surface area contributed by atoms with Crippen LogP contribution in [0.3, 0.4) is 0 Å². The maximum atomic E-state index is 11.5. The van der Waals surface area contributed by atoms with Crippen molar-refractivity contribution in [3.05, 3.63) is 11.5 Å². The van der Waals surface area contributed by atoms with Crippen LogP contribution in [0.5, 0.6) is 0 Å². The molecule has 0 aliphatic rings. The lowest BCUT2D eigenvalue weighted by molar-refractivity contribution is 0.569. The number of sulfone groups is 1. The first-order chi connectivity index (χ1) is 5.81. The van der Waals surface area contributed by atoms with Crippen molar-refractivity contribution in [1.82, 2.24) is 0 Å². The Morgan fingerprint density at radius 2 is 1.77 bits per heavy atom. The molecule has 0 aromatic heterocycles. The zero-order valence-corrected chi connectivity index (χ0v) is 9.82. The second-order valence-corrected chi connectivity index (χ2v) is 6.76. The maximum absolute atomic E-state index is 11.5. The van der Waals surface area contributed by atoms with Gasteiger partial charge in [0.05, 0.1) is 4.75 Å². The van der Waals surface area contributed by atoms with E-state index in [1.807, 2.05) is 0 Å². The Bertz CT molecular complexity index is 255. The molecule has 0 aliphatic heterocycles. The van der Waals surface area contributed by atoms with Gasteiger partial charge in [-0.1, -0.05) is 25.8 Å². The third-order valence-corrected chi connectivity index (χ3v) is 4.11. The van der Waals surface area contributed by atoms with Crippen LogP contribution in [-0.2, 0) is 9.84 Å². The topological polar surface area (TPSA) is 34.1 Å². The molecule has 3 heteroatoms. The fourth-order valence-corrected chi connectivity index (χ4v) is 1.52. The fourth-order valence-electron chi connectivity index (χ4n) is 0.721. The monoisotopic (exact) mass is 204 g/mol. The molecule has 0 heterocycles. The highest BCUT2D eigenvalue weighted by atomic mass is 32.2. The Morgan fingerprint density at radius 1 is 1.23 bits per heavy atom. The lowest BCUT2D eigenvalue weighted by Gasteiger charge is -2.15. The molecule has 0 radical (unpaired) electrons. The molecule has 0 fully saturated rings. The van der Waals surface area contributed by atoms with Crippen molar-refractivity contribution in [3.8, 4) is 0 Å². The van der Waals surface area contributed by atoms with Crippen LogP contribution in [0.1, 0.15) is 47.0 Å². The summed E-state index contributed by atoms with van der Waals surface area (Å²) >= 11 is 0. The van der Waals surface area contributed by atoms with Gasteiger partial charge in [0.2, 0.25) is 0 Å². The summed E-state index contributed by atoms with van der Waals surface area (Å²) in [5, 5.41) is 1.35. The number of unbranched alkanes of at least 4 members (excludes halogenated alkanes) is 2. The molecule has 0 bridgehead atoms. The van der Waals surface area contributed by atoms with Gasteiger partial charge in [0.25, 0.3) is 0 Å². The minimum atomic E-state index is -3.06. The molecule has 78 valence electrons. The van der Waals surface area contributed by atoms with Gasteiger partial charge in [-0.15, -0.1) is 0 Å². The number of allylic oxidation sites excluding steroid dienone is 1. The molecular formula is C10H20O2S. The van der Waals surface area contributed by atoms with Crippen LogP contribution in [0.2, 0.25) is 0 Å². The summed E-state index contributed by atoms with van der Waals surface area (Å²) in [6, 6.07) is 0. The predicted octanol–water partition coefficient (Wildman–Crippen LogP) is 2.90. The molecule has 0 spiro atoms. The van der Waals surface area contributed by atoms with Crippen LogP contribution in [0.15, 0.2) is 11.5 Å². The molecule has 0 saturated carbocycles. The van der Waals surface area contributed by atoms with E-state index in [0.717, 1.165) is 19.3 Å². The Kier molecular flexibility index (Phi) is 4.68. The lowest BCUT2D eigenvalue weighted by atomic mass is 10.2. The Labute approximate surface area is 82.0 Å². The van der Waals surface area contributed by atoms with Crippen molar-refractivity contribution in [1.29, 1.82) is 0 Å². The average Bonchev–Trinajstić information content (AvgIpc) is 1.96. The van der Waals surface area contributed by atoms with E-state index in [4.69, 9.17) is 0 Å². The van der Waals surface area contributed by atoms with Gasteiger partial charge >= 0.3 is 0 Å². The van der Waals surface area contributed by atoms with Crippen molar-refractivity contribution < 1.29 is 8.42 Å². The minimum absolute atomic E-state index is 0.671. The van der Waals surface area contributed by atoms with Gasteiger partial charge in [0, 0.05) is 5.41 Å². The number of hydrogen-bond donors (Lipinski definition) is 0. The first-order valence-corrected chi connectivity index (χ1v) is 6.27. The first-order valence-electron chi connectivity index (χ1n) is 4.72. The van der Waals surface area contributed by atoms with E-state index in [-0.39, 0.29) is 0 Å². The van der Waals surface area contributed by atoms with E-state index < -0.39 is 14.6 Å². The Morgan fingerprint density at radius 3 is 2.15 bits per heavy atom. The van der Waals surface area contributed by atoms with Crippen LogP contribution in [0.25, 0.3) is 0 Å². The molecule has 0 atom stereocenters. The van der Waals surface area contributed by atoms with Crippen molar-refractivity contribution in [2.24, 2.45) is 0 Å². The standard InChI is InChI=1S/C10H20O2S/c1-5-6-7-8-9-13(11,12)10(2,3)4/h8-9H,5-7H2,1-4H3/b9-8+. The molecule has 0 rings (SSSR count). The van der Waals surface area contributed by atoms with Gasteiger partial charge in [-0.05, 0) is 27.2 Å². The van der Waals surface area contributed by atoms with E-state index in [1.54, 1.807) is 26.8 Å². The summed E-state index contributed by atoms with van der Waals surface area (Å²) in [5.41, 5.74) is 0. The van der Waals surface area contributed by atoms with Gasteiger partial charge in [0.15, 0.2) is 9.84 Å². The zero-order valence-electron chi connectivity index (χ0n) is 9.00. The molecule has 2 nitrogen and oxygen atoms in total. The highest BCUT2D eigenvalue weighted by molar-refractivity contribution is 7.95. The molecule has 0 amide bonds. The molecule has 0 unspecified atom stereocenters. The van der Waals surface area contributed by atoms with Crippen LogP contribution < -0.4 is 0 Å². The summed E-state index contributed by atoms with van der Waals surface area (Å²) < 4.78 is 22.4. The number of hydrogen-bond acceptors (Lipinski definition) is 2. The smallest absolute Gasteiger partial charge is 0.176 e. The van der Waals surface area contributed by atoms with Crippen LogP contribution >= 0.6 is 0 Å². The van der Waals surface area contributed by atoms with Crippen LogP contribution in [0.4, 0.5) is 0 Å². The largest absolute Gasteiger partial charge is 0.224 e. The fraction of sp³-hybridized carbons (Fsp3) is 0.800. The third kappa shape index (κ3) is 4.46. The highest BCUT2D eigenvalue weighted by Gasteiger charge is 2.25. The van der Waals surface area contributed by atoms with Gasteiger partial charge in [0.1, 0.15) is 0 Å². The summed E-state index contributed by atoms with van der Waals surface area (Å²) in [6.45, 7) is 7.23. The summed E-state index contributed by atoms with van der Waals surface area (Å²) in [7, 11) is -3.06. The van der Waals surface area contributed by atoms with E-state index >= 15 is 0 Å². The van der Waals surface area contributed by atoms with Crippen LogP contribution in [-0.4, -0.2) is 13.2 Å². The number of rotatable bonds is 4. The van der Waals surface area contributed by atoms with Gasteiger partial charge in [-0.3, -0.25) is 0 Å². The molecular weight excluding hydrogens is 184 g/mol. The Balaban J connectivity index is 4.28. The van der Waals surface area contributed by atoms with E-state index in [9.17, 15) is 8.42 Å². The molecule has 0 N–H and O–H groups in total. The van der Waals surface area contributed by atoms with E-state index in [2.05, 4.69) is 6.92 Å².